The Kier molecular flexibility index (Phi) is 3.36. The quantitative estimate of drug-likeness (QED) is 0.753. The van der Waals surface area contributed by atoms with E-state index in [9.17, 15) is 8.78 Å². The molecule has 0 saturated carbocycles. The van der Waals surface area contributed by atoms with Crippen LogP contribution in [0.15, 0.2) is 42.5 Å². The van der Waals surface area contributed by atoms with Gasteiger partial charge in [-0.2, -0.15) is 0 Å². The minimum atomic E-state index is -0.265. The van der Waals surface area contributed by atoms with Gasteiger partial charge in [0.15, 0.2) is 5.13 Å². The number of anilines is 1. The fourth-order valence-electron chi connectivity index (χ4n) is 1.98. The average Bonchev–Trinajstić information content (AvgIpc) is 2.80. The molecule has 0 radical (unpaired) electrons. The zero-order valence-electron chi connectivity index (χ0n) is 10.7. The van der Waals surface area contributed by atoms with Gasteiger partial charge >= 0.3 is 0 Å². The lowest BCUT2D eigenvalue weighted by Gasteiger charge is -2.12. The molecule has 1 aromatic heterocycles. The summed E-state index contributed by atoms with van der Waals surface area (Å²) in [4.78, 5) is 4.40. The van der Waals surface area contributed by atoms with Crippen molar-refractivity contribution in [3.8, 4) is 0 Å². The number of benzene rings is 2. The highest BCUT2D eigenvalue weighted by atomic mass is 32.1. The summed E-state index contributed by atoms with van der Waals surface area (Å²) in [6.07, 6.45) is 0. The van der Waals surface area contributed by atoms with Crippen LogP contribution in [0.4, 0.5) is 13.9 Å². The van der Waals surface area contributed by atoms with Crippen molar-refractivity contribution in [2.24, 2.45) is 0 Å². The summed E-state index contributed by atoms with van der Waals surface area (Å²) in [6.45, 7) is 1.97. The first kappa shape index (κ1) is 13.0. The van der Waals surface area contributed by atoms with Gasteiger partial charge in [-0.3, -0.25) is 0 Å². The molecule has 1 N–H and O–H groups in total. The van der Waals surface area contributed by atoms with Crippen molar-refractivity contribution in [2.45, 2.75) is 13.0 Å². The van der Waals surface area contributed by atoms with Gasteiger partial charge in [-0.05, 0) is 42.8 Å². The molecule has 102 valence electrons. The van der Waals surface area contributed by atoms with E-state index in [2.05, 4.69) is 10.3 Å². The predicted octanol–water partition coefficient (Wildman–Crippen LogP) is 4.75. The summed E-state index contributed by atoms with van der Waals surface area (Å²) in [6, 6.07) is 10.9. The molecule has 0 amide bonds. The monoisotopic (exact) mass is 290 g/mol. The van der Waals surface area contributed by atoms with Gasteiger partial charge in [-0.1, -0.05) is 23.5 Å². The van der Waals surface area contributed by atoms with Crippen LogP contribution in [0.3, 0.4) is 0 Å². The summed E-state index contributed by atoms with van der Waals surface area (Å²) in [5.41, 5.74) is 1.74. The summed E-state index contributed by atoms with van der Waals surface area (Å²) in [5, 5.41) is 3.97. The molecular weight excluding hydrogens is 278 g/mol. The van der Waals surface area contributed by atoms with Gasteiger partial charge < -0.3 is 5.32 Å². The first-order valence-corrected chi connectivity index (χ1v) is 7.01. The molecule has 0 aliphatic carbocycles. The Balaban J connectivity index is 1.83. The number of thiazole rings is 1. The highest BCUT2D eigenvalue weighted by Crippen LogP contribution is 2.29. The Morgan fingerprint density at radius 1 is 1.05 bits per heavy atom. The van der Waals surface area contributed by atoms with Crippen LogP contribution >= 0.6 is 11.3 Å². The third-order valence-electron chi connectivity index (χ3n) is 3.06. The molecule has 1 heterocycles. The molecule has 0 spiro atoms. The van der Waals surface area contributed by atoms with E-state index in [0.717, 1.165) is 20.9 Å². The Bertz CT molecular complexity index is 737. The van der Waals surface area contributed by atoms with E-state index >= 15 is 0 Å². The van der Waals surface area contributed by atoms with E-state index < -0.39 is 0 Å². The molecule has 2 nitrogen and oxygen atoms in total. The molecule has 3 aromatic rings. The number of halogens is 2. The van der Waals surface area contributed by atoms with E-state index in [1.807, 2.05) is 6.92 Å². The topological polar surface area (TPSA) is 24.9 Å². The molecule has 2 aromatic carbocycles. The fraction of sp³-hybridized carbons (Fsp3) is 0.133. The van der Waals surface area contributed by atoms with Crippen LogP contribution in [0.5, 0.6) is 0 Å². The second-order valence-corrected chi connectivity index (χ2v) is 5.58. The lowest BCUT2D eigenvalue weighted by Crippen LogP contribution is -2.06. The molecule has 0 fully saturated rings. The van der Waals surface area contributed by atoms with Gasteiger partial charge in [0.05, 0.1) is 16.3 Å². The van der Waals surface area contributed by atoms with Gasteiger partial charge in [0.25, 0.3) is 0 Å². The minimum Gasteiger partial charge on any atom is -0.355 e. The highest BCUT2D eigenvalue weighted by Gasteiger charge is 2.09. The smallest absolute Gasteiger partial charge is 0.184 e. The average molecular weight is 290 g/mol. The summed E-state index contributed by atoms with van der Waals surface area (Å²) >= 11 is 1.40. The Morgan fingerprint density at radius 2 is 1.75 bits per heavy atom. The third-order valence-corrected chi connectivity index (χ3v) is 4.01. The van der Waals surface area contributed by atoms with Crippen molar-refractivity contribution in [1.29, 1.82) is 0 Å². The second kappa shape index (κ2) is 5.17. The van der Waals surface area contributed by atoms with Crippen LogP contribution in [-0.2, 0) is 0 Å². The van der Waals surface area contributed by atoms with Crippen LogP contribution in [0.2, 0.25) is 0 Å². The molecule has 1 unspecified atom stereocenters. The van der Waals surface area contributed by atoms with Crippen LogP contribution in [0, 0.1) is 11.6 Å². The largest absolute Gasteiger partial charge is 0.355 e. The van der Waals surface area contributed by atoms with E-state index in [-0.39, 0.29) is 17.7 Å². The van der Waals surface area contributed by atoms with Crippen molar-refractivity contribution in [1.82, 2.24) is 4.98 Å². The lowest BCUT2D eigenvalue weighted by molar-refractivity contribution is 0.626. The summed E-state index contributed by atoms with van der Waals surface area (Å²) < 4.78 is 26.8. The van der Waals surface area contributed by atoms with Crippen molar-refractivity contribution in [2.75, 3.05) is 5.32 Å². The maximum Gasteiger partial charge on any atom is 0.184 e. The van der Waals surface area contributed by atoms with Gasteiger partial charge in [-0.25, -0.2) is 13.8 Å². The molecule has 0 aliphatic heterocycles. The van der Waals surface area contributed by atoms with Crippen LogP contribution in [0.1, 0.15) is 18.5 Å². The maximum atomic E-state index is 13.1. The minimum absolute atomic E-state index is 0.000934. The van der Waals surface area contributed by atoms with Crippen molar-refractivity contribution in [3.05, 3.63) is 59.7 Å². The van der Waals surface area contributed by atoms with Crippen molar-refractivity contribution >= 4 is 26.7 Å². The first-order valence-electron chi connectivity index (χ1n) is 6.20. The Hall–Kier alpha value is -2.01. The molecule has 0 aliphatic rings. The molecule has 0 bridgehead atoms. The zero-order chi connectivity index (χ0) is 14.1. The number of aromatic nitrogens is 1. The number of rotatable bonds is 3. The first-order chi connectivity index (χ1) is 9.61. The normalized spacial score (nSPS) is 12.6. The SMILES string of the molecule is CC(Nc1nc2ccc(F)cc2s1)c1ccc(F)cc1. The standard InChI is InChI=1S/C15H12F2N2S/c1-9(10-2-4-11(16)5-3-10)18-15-19-13-7-6-12(17)8-14(13)20-15/h2-9H,1H3,(H,18,19). The molecule has 20 heavy (non-hydrogen) atoms. The van der Waals surface area contributed by atoms with Crippen LogP contribution in [-0.4, -0.2) is 4.98 Å². The number of fused-ring (bicyclic) bond motifs is 1. The predicted molar refractivity (Wildman–Crippen MR) is 78.0 cm³/mol. The van der Waals surface area contributed by atoms with Crippen molar-refractivity contribution < 1.29 is 8.78 Å². The summed E-state index contributed by atoms with van der Waals surface area (Å²) in [5.74, 6) is -0.518. The van der Waals surface area contributed by atoms with Crippen LogP contribution in [0.25, 0.3) is 10.2 Å². The molecule has 1 atom stereocenters. The van der Waals surface area contributed by atoms with Gasteiger partial charge in [-0.15, -0.1) is 0 Å². The number of nitrogens with one attached hydrogen (secondary N) is 1. The summed E-state index contributed by atoms with van der Waals surface area (Å²) in [7, 11) is 0. The molecule has 3 rings (SSSR count). The van der Waals surface area contributed by atoms with E-state index in [4.69, 9.17) is 0 Å². The van der Waals surface area contributed by atoms with E-state index in [0.29, 0.717) is 0 Å². The van der Waals surface area contributed by atoms with Crippen molar-refractivity contribution in [3.63, 3.8) is 0 Å². The van der Waals surface area contributed by atoms with E-state index in [1.54, 1.807) is 18.2 Å². The van der Waals surface area contributed by atoms with E-state index in [1.165, 1.54) is 35.6 Å². The number of hydrogen-bond donors (Lipinski definition) is 1. The number of hydrogen-bond acceptors (Lipinski definition) is 3. The zero-order valence-corrected chi connectivity index (χ0v) is 11.5. The van der Waals surface area contributed by atoms with Gasteiger partial charge in [0, 0.05) is 0 Å². The highest BCUT2D eigenvalue weighted by molar-refractivity contribution is 7.22. The Labute approximate surface area is 119 Å². The molecular formula is C15H12F2N2S. The van der Waals surface area contributed by atoms with Gasteiger partial charge in [0.1, 0.15) is 11.6 Å². The second-order valence-electron chi connectivity index (χ2n) is 4.55. The third kappa shape index (κ3) is 2.63. The molecule has 5 heteroatoms. The lowest BCUT2D eigenvalue weighted by atomic mass is 10.1. The van der Waals surface area contributed by atoms with Crippen LogP contribution < -0.4 is 5.32 Å². The molecule has 0 saturated heterocycles. The number of nitrogens with zero attached hydrogens (tertiary/aromatic N) is 1. The fourth-order valence-corrected chi connectivity index (χ4v) is 2.96. The Morgan fingerprint density at radius 3 is 2.50 bits per heavy atom. The van der Waals surface area contributed by atoms with Gasteiger partial charge in [0.2, 0.25) is 0 Å². The maximum absolute atomic E-state index is 13.1.